The quantitative estimate of drug-likeness (QED) is 0.599. The van der Waals surface area contributed by atoms with Gasteiger partial charge in [0.05, 0.1) is 11.9 Å². The molecule has 0 atom stereocenters. The van der Waals surface area contributed by atoms with Gasteiger partial charge in [-0.1, -0.05) is 17.3 Å². The van der Waals surface area contributed by atoms with E-state index in [9.17, 15) is 4.79 Å². The van der Waals surface area contributed by atoms with E-state index in [-0.39, 0.29) is 11.6 Å². The molecule has 0 aliphatic heterocycles. The summed E-state index contributed by atoms with van der Waals surface area (Å²) in [7, 11) is 0. The van der Waals surface area contributed by atoms with Crippen molar-refractivity contribution in [3.63, 3.8) is 0 Å². The van der Waals surface area contributed by atoms with E-state index in [0.29, 0.717) is 16.6 Å². The molecule has 9 heteroatoms. The normalized spacial score (nSPS) is 10.7. The Morgan fingerprint density at radius 3 is 2.85 bits per heavy atom. The summed E-state index contributed by atoms with van der Waals surface area (Å²) >= 11 is 1.33. The Hall–Kier alpha value is -3.46. The molecule has 26 heavy (non-hydrogen) atoms. The van der Waals surface area contributed by atoms with Crippen molar-refractivity contribution in [2.45, 2.75) is 6.92 Å². The first kappa shape index (κ1) is 16.0. The van der Waals surface area contributed by atoms with Gasteiger partial charge in [0.1, 0.15) is 5.69 Å². The molecular formula is C17H13N7OS. The van der Waals surface area contributed by atoms with E-state index in [0.717, 1.165) is 11.4 Å². The second-order valence-electron chi connectivity index (χ2n) is 5.38. The van der Waals surface area contributed by atoms with Crippen LogP contribution in [-0.4, -0.2) is 35.9 Å². The number of anilines is 1. The first-order valence-corrected chi connectivity index (χ1v) is 8.62. The average Bonchev–Trinajstić information content (AvgIpc) is 3.32. The molecule has 0 radical (unpaired) electrons. The predicted molar refractivity (Wildman–Crippen MR) is 97.2 cm³/mol. The monoisotopic (exact) mass is 363 g/mol. The van der Waals surface area contributed by atoms with Crippen molar-refractivity contribution in [2.75, 3.05) is 5.32 Å². The van der Waals surface area contributed by atoms with Crippen LogP contribution in [0.25, 0.3) is 17.2 Å². The summed E-state index contributed by atoms with van der Waals surface area (Å²) in [5.74, 6) is 0.151. The maximum absolute atomic E-state index is 12.6. The summed E-state index contributed by atoms with van der Waals surface area (Å²) < 4.78 is 1.38. The third-order valence-corrected chi connectivity index (χ3v) is 4.28. The zero-order valence-electron chi connectivity index (χ0n) is 13.7. The fourth-order valence-electron chi connectivity index (χ4n) is 2.33. The van der Waals surface area contributed by atoms with Gasteiger partial charge in [0.2, 0.25) is 0 Å². The van der Waals surface area contributed by atoms with Crippen LogP contribution in [0.5, 0.6) is 0 Å². The van der Waals surface area contributed by atoms with Gasteiger partial charge in [0.15, 0.2) is 16.6 Å². The van der Waals surface area contributed by atoms with Crippen molar-refractivity contribution in [1.82, 2.24) is 29.9 Å². The van der Waals surface area contributed by atoms with Crippen LogP contribution < -0.4 is 5.32 Å². The Bertz CT molecular complexity index is 1060. The minimum Gasteiger partial charge on any atom is -0.296 e. The Morgan fingerprint density at radius 1 is 1.12 bits per heavy atom. The van der Waals surface area contributed by atoms with E-state index in [2.05, 4.69) is 30.6 Å². The number of hydrogen-bond acceptors (Lipinski definition) is 7. The zero-order valence-corrected chi connectivity index (χ0v) is 14.5. The van der Waals surface area contributed by atoms with E-state index >= 15 is 0 Å². The van der Waals surface area contributed by atoms with Gasteiger partial charge in [0, 0.05) is 17.3 Å². The van der Waals surface area contributed by atoms with Gasteiger partial charge in [-0.15, -0.1) is 16.4 Å². The van der Waals surface area contributed by atoms with Gasteiger partial charge in [-0.05, 0) is 31.2 Å². The van der Waals surface area contributed by atoms with Crippen LogP contribution in [0.3, 0.4) is 0 Å². The van der Waals surface area contributed by atoms with E-state index in [1.54, 1.807) is 18.3 Å². The standard InChI is InChI=1S/C17H13N7OS/c1-11-5-4-6-12(20-11)13-10-26-17(21-13)22-16(25)14-9-19-23-24(14)15-7-2-3-8-18-15/h2-10H,1H3,(H,21,22,25). The second-order valence-corrected chi connectivity index (χ2v) is 6.23. The average molecular weight is 363 g/mol. The van der Waals surface area contributed by atoms with Crippen molar-refractivity contribution in [2.24, 2.45) is 0 Å². The predicted octanol–water partition coefficient (Wildman–Crippen LogP) is 2.74. The fourth-order valence-corrected chi connectivity index (χ4v) is 3.03. The first-order valence-electron chi connectivity index (χ1n) is 7.74. The number of pyridine rings is 2. The number of thiazole rings is 1. The molecule has 4 aromatic rings. The largest absolute Gasteiger partial charge is 0.296 e. The lowest BCUT2D eigenvalue weighted by molar-refractivity contribution is 0.101. The zero-order chi connectivity index (χ0) is 17.9. The summed E-state index contributed by atoms with van der Waals surface area (Å²) in [6.07, 6.45) is 3.02. The minimum absolute atomic E-state index is 0.272. The van der Waals surface area contributed by atoms with Gasteiger partial charge in [0.25, 0.3) is 5.91 Å². The third kappa shape index (κ3) is 3.20. The molecule has 0 fully saturated rings. The van der Waals surface area contributed by atoms with E-state index < -0.39 is 0 Å². The summed E-state index contributed by atoms with van der Waals surface area (Å²) in [5.41, 5.74) is 2.66. The summed E-state index contributed by atoms with van der Waals surface area (Å²) in [4.78, 5) is 25.6. The summed E-state index contributed by atoms with van der Waals surface area (Å²) in [6.45, 7) is 1.92. The lowest BCUT2D eigenvalue weighted by Crippen LogP contribution is -2.17. The van der Waals surface area contributed by atoms with E-state index in [1.807, 2.05) is 36.6 Å². The molecule has 128 valence electrons. The second kappa shape index (κ2) is 6.81. The molecule has 0 unspecified atom stereocenters. The first-order chi connectivity index (χ1) is 12.7. The van der Waals surface area contributed by atoms with Crippen molar-refractivity contribution in [3.8, 4) is 17.2 Å². The number of aromatic nitrogens is 6. The van der Waals surface area contributed by atoms with Gasteiger partial charge >= 0.3 is 0 Å². The molecule has 0 aromatic carbocycles. The van der Waals surface area contributed by atoms with Crippen molar-refractivity contribution >= 4 is 22.4 Å². The smallest absolute Gasteiger partial charge is 0.277 e. The molecule has 4 heterocycles. The molecule has 0 saturated heterocycles. The molecule has 8 nitrogen and oxygen atoms in total. The molecule has 1 N–H and O–H groups in total. The highest BCUT2D eigenvalue weighted by atomic mass is 32.1. The molecule has 4 rings (SSSR count). The molecule has 4 aromatic heterocycles. The number of carbonyl (C=O) groups excluding carboxylic acids is 1. The van der Waals surface area contributed by atoms with E-state index in [1.165, 1.54) is 22.2 Å². The Kier molecular flexibility index (Phi) is 4.20. The number of amides is 1. The van der Waals surface area contributed by atoms with Gasteiger partial charge in [-0.25, -0.2) is 9.97 Å². The van der Waals surface area contributed by atoms with Crippen LogP contribution in [0.1, 0.15) is 16.2 Å². The van der Waals surface area contributed by atoms with Crippen LogP contribution in [0.15, 0.2) is 54.2 Å². The Labute approximate surface area is 152 Å². The topological polar surface area (TPSA) is 98.5 Å². The Balaban J connectivity index is 1.56. The molecular weight excluding hydrogens is 350 g/mol. The highest BCUT2D eigenvalue weighted by Gasteiger charge is 2.17. The van der Waals surface area contributed by atoms with Gasteiger partial charge < -0.3 is 0 Å². The highest BCUT2D eigenvalue weighted by molar-refractivity contribution is 7.14. The lowest BCUT2D eigenvalue weighted by atomic mass is 10.3. The van der Waals surface area contributed by atoms with Crippen LogP contribution in [0.2, 0.25) is 0 Å². The SMILES string of the molecule is Cc1cccc(-c2csc(NC(=O)c3cnnn3-c3ccccn3)n2)n1. The van der Waals surface area contributed by atoms with Crippen molar-refractivity contribution < 1.29 is 4.79 Å². The molecule has 0 bridgehead atoms. The maximum Gasteiger partial charge on any atom is 0.277 e. The minimum atomic E-state index is -0.362. The maximum atomic E-state index is 12.6. The fraction of sp³-hybridized carbons (Fsp3) is 0.0588. The number of hydrogen-bond donors (Lipinski definition) is 1. The van der Waals surface area contributed by atoms with E-state index in [4.69, 9.17) is 0 Å². The van der Waals surface area contributed by atoms with Crippen molar-refractivity contribution in [3.05, 3.63) is 65.6 Å². The summed E-state index contributed by atoms with van der Waals surface area (Å²) in [5, 5.41) is 12.8. The molecule has 0 saturated carbocycles. The van der Waals surface area contributed by atoms with Gasteiger partial charge in [-0.3, -0.25) is 15.1 Å². The van der Waals surface area contributed by atoms with Crippen LogP contribution in [-0.2, 0) is 0 Å². The molecule has 1 amide bonds. The highest BCUT2D eigenvalue weighted by Crippen LogP contribution is 2.24. The van der Waals surface area contributed by atoms with Crippen LogP contribution in [0.4, 0.5) is 5.13 Å². The number of nitrogens with one attached hydrogen (secondary N) is 1. The number of rotatable bonds is 4. The van der Waals surface area contributed by atoms with Crippen LogP contribution >= 0.6 is 11.3 Å². The number of carbonyl (C=O) groups is 1. The Morgan fingerprint density at radius 2 is 2.04 bits per heavy atom. The number of nitrogens with zero attached hydrogens (tertiary/aromatic N) is 6. The number of aryl methyl sites for hydroxylation is 1. The van der Waals surface area contributed by atoms with Crippen LogP contribution in [0, 0.1) is 6.92 Å². The molecule has 0 aliphatic rings. The van der Waals surface area contributed by atoms with Crippen molar-refractivity contribution in [1.29, 1.82) is 0 Å². The summed E-state index contributed by atoms with van der Waals surface area (Å²) in [6, 6.07) is 11.1. The molecule has 0 spiro atoms. The van der Waals surface area contributed by atoms with Gasteiger partial charge in [-0.2, -0.15) is 4.68 Å². The lowest BCUT2D eigenvalue weighted by Gasteiger charge is -2.04. The molecule has 0 aliphatic carbocycles. The third-order valence-electron chi connectivity index (χ3n) is 3.52.